The second kappa shape index (κ2) is 18.3. The highest BCUT2D eigenvalue weighted by atomic mass is 16.5. The van der Waals surface area contributed by atoms with Crippen molar-refractivity contribution in [3.8, 4) is 17.2 Å². The number of rotatable bonds is 10. The molecule has 0 radical (unpaired) electrons. The first-order valence-corrected chi connectivity index (χ1v) is 19.8. The average Bonchev–Trinajstić information content (AvgIpc) is 3.25. The van der Waals surface area contributed by atoms with Crippen molar-refractivity contribution in [3.05, 3.63) is 178 Å². The lowest BCUT2D eigenvalue weighted by Crippen LogP contribution is -2.45. The van der Waals surface area contributed by atoms with Gasteiger partial charge < -0.3 is 24.1 Å². The number of ether oxygens (including phenoxy) is 1. The maximum Gasteiger partial charge on any atom is 0.182 e. The van der Waals surface area contributed by atoms with E-state index in [4.69, 9.17) is 9.15 Å². The van der Waals surface area contributed by atoms with Gasteiger partial charge in [0.2, 0.25) is 0 Å². The molecule has 2 saturated heterocycles. The van der Waals surface area contributed by atoms with Crippen LogP contribution in [0.5, 0.6) is 5.75 Å². The van der Waals surface area contributed by atoms with Gasteiger partial charge in [0.25, 0.3) is 0 Å². The highest BCUT2D eigenvalue weighted by molar-refractivity contribution is 5.77. The highest BCUT2D eigenvalue weighted by Gasteiger charge is 2.19. The van der Waals surface area contributed by atoms with E-state index in [-0.39, 0.29) is 11.2 Å². The first kappa shape index (κ1) is 37.9. The molecule has 290 valence electrons. The summed E-state index contributed by atoms with van der Waals surface area (Å²) >= 11 is 0. The Morgan fingerprint density at radius 2 is 1.07 bits per heavy atom. The van der Waals surface area contributed by atoms with Gasteiger partial charge in [0.1, 0.15) is 17.0 Å². The minimum Gasteiger partial charge on any atom is -0.508 e. The van der Waals surface area contributed by atoms with E-state index in [0.29, 0.717) is 35.8 Å². The number of nitrogens with zero attached hydrogens (tertiary/aromatic N) is 5. The molecule has 0 bridgehead atoms. The quantitative estimate of drug-likeness (QED) is 0.139. The lowest BCUT2D eigenvalue weighted by atomic mass is 10.1. The number of aromatic nitrogens is 1. The van der Waals surface area contributed by atoms with E-state index in [9.17, 15) is 9.90 Å². The summed E-state index contributed by atoms with van der Waals surface area (Å²) < 4.78 is 11.7. The molecule has 9 rings (SSSR count). The standard InChI is InChI=1S/C36H42N4O.C12H7NO3/c1-3-13-35(14-4-1)39-21-17-37(18-22-39)27-31-9-7-11-33(25-31)29-41-30-34-12-8-10-32(26-34)28-38-19-23-40(24-20-38)36-15-5-2-6-16-36;14-7-1-3-9-11(5-7)16-12-6-8(15)2-4-10(12)13-9/h1-16,25-26H,17-24,27-30H2;1-6,14H. The van der Waals surface area contributed by atoms with Crippen LogP contribution >= 0.6 is 0 Å². The van der Waals surface area contributed by atoms with E-state index in [2.05, 4.69) is 134 Å². The summed E-state index contributed by atoms with van der Waals surface area (Å²) in [5, 5.41) is 9.31. The fourth-order valence-corrected chi connectivity index (χ4v) is 7.64. The van der Waals surface area contributed by atoms with Crippen LogP contribution in [0.1, 0.15) is 22.3 Å². The summed E-state index contributed by atoms with van der Waals surface area (Å²) in [4.78, 5) is 25.6. The molecule has 0 aromatic heterocycles. The molecular weight excluding hydrogens is 711 g/mol. The van der Waals surface area contributed by atoms with Crippen molar-refractivity contribution >= 4 is 22.5 Å². The minimum absolute atomic E-state index is 0.107. The molecule has 0 spiro atoms. The van der Waals surface area contributed by atoms with Crippen LogP contribution in [0.4, 0.5) is 11.4 Å². The summed E-state index contributed by atoms with van der Waals surface area (Å²) in [6, 6.07) is 48.5. The smallest absolute Gasteiger partial charge is 0.182 e. The van der Waals surface area contributed by atoms with Crippen LogP contribution in [0.3, 0.4) is 0 Å². The molecule has 5 aromatic carbocycles. The topological polar surface area (TPSA) is 85.5 Å². The van der Waals surface area contributed by atoms with Gasteiger partial charge in [0.15, 0.2) is 16.8 Å². The van der Waals surface area contributed by atoms with Gasteiger partial charge in [0, 0.05) is 89.0 Å². The number of hydrogen-bond donors (Lipinski definition) is 1. The first-order valence-electron chi connectivity index (χ1n) is 19.8. The largest absolute Gasteiger partial charge is 0.508 e. The predicted octanol–water partition coefficient (Wildman–Crippen LogP) is 8.05. The number of anilines is 2. The number of para-hydroxylation sites is 2. The van der Waals surface area contributed by atoms with E-state index >= 15 is 0 Å². The van der Waals surface area contributed by atoms with E-state index in [1.54, 1.807) is 18.2 Å². The predicted molar refractivity (Wildman–Crippen MR) is 228 cm³/mol. The third-order valence-electron chi connectivity index (χ3n) is 10.7. The maximum atomic E-state index is 11.1. The van der Waals surface area contributed by atoms with Gasteiger partial charge >= 0.3 is 0 Å². The number of aromatic hydroxyl groups is 1. The third kappa shape index (κ3) is 10.3. The molecule has 0 saturated carbocycles. The Balaban J connectivity index is 0.000000236. The summed E-state index contributed by atoms with van der Waals surface area (Å²) in [5.74, 6) is 0.529. The van der Waals surface area contributed by atoms with E-state index in [1.165, 1.54) is 51.8 Å². The van der Waals surface area contributed by atoms with Gasteiger partial charge in [-0.2, -0.15) is 0 Å². The fraction of sp³-hybridized carbons (Fsp3) is 0.250. The van der Waals surface area contributed by atoms with Gasteiger partial charge in [-0.15, -0.1) is 0 Å². The molecule has 2 fully saturated rings. The maximum absolute atomic E-state index is 11.1. The van der Waals surface area contributed by atoms with Crippen LogP contribution in [-0.4, -0.2) is 72.2 Å². The summed E-state index contributed by atoms with van der Waals surface area (Å²) in [5.41, 5.74) is 9.49. The molecule has 0 amide bonds. The molecule has 1 N–H and O–H groups in total. The van der Waals surface area contributed by atoms with Gasteiger partial charge in [-0.1, -0.05) is 84.9 Å². The van der Waals surface area contributed by atoms with E-state index < -0.39 is 0 Å². The normalized spacial score (nSPS) is 15.1. The monoisotopic (exact) mass is 759 g/mol. The van der Waals surface area contributed by atoms with Crippen molar-refractivity contribution in [2.24, 2.45) is 0 Å². The Morgan fingerprint density at radius 1 is 0.544 bits per heavy atom. The summed E-state index contributed by atoms with van der Waals surface area (Å²) in [6.45, 7) is 12.0. The Bertz CT molecular complexity index is 2270. The third-order valence-corrected chi connectivity index (χ3v) is 10.7. The van der Waals surface area contributed by atoms with Gasteiger partial charge in [0.05, 0.1) is 13.2 Å². The molecule has 3 aliphatic heterocycles. The van der Waals surface area contributed by atoms with Crippen molar-refractivity contribution in [2.75, 3.05) is 62.2 Å². The fourth-order valence-electron chi connectivity index (χ4n) is 7.64. The van der Waals surface area contributed by atoms with Crippen molar-refractivity contribution < 1.29 is 14.3 Å². The van der Waals surface area contributed by atoms with Crippen molar-refractivity contribution in [2.45, 2.75) is 26.3 Å². The average molecular weight is 760 g/mol. The second-order valence-electron chi connectivity index (χ2n) is 14.8. The molecule has 1 aliphatic carbocycles. The van der Waals surface area contributed by atoms with Crippen molar-refractivity contribution in [1.29, 1.82) is 0 Å². The van der Waals surface area contributed by atoms with Crippen LogP contribution in [0.2, 0.25) is 0 Å². The van der Waals surface area contributed by atoms with Crippen LogP contribution in [0, 0.1) is 0 Å². The Morgan fingerprint density at radius 3 is 1.61 bits per heavy atom. The van der Waals surface area contributed by atoms with Crippen molar-refractivity contribution in [1.82, 2.24) is 14.8 Å². The molecule has 4 aliphatic rings. The van der Waals surface area contributed by atoms with Crippen molar-refractivity contribution in [3.63, 3.8) is 0 Å². The number of phenolic OH excluding ortho intramolecular Hbond substituents is 1. The molecular formula is C48H49N5O4. The molecule has 3 heterocycles. The van der Waals surface area contributed by atoms with Crippen LogP contribution in [-0.2, 0) is 31.0 Å². The number of piperazine rings is 2. The lowest BCUT2D eigenvalue weighted by molar-refractivity contribution is 0.107. The molecule has 9 heteroatoms. The first-order chi connectivity index (χ1) is 28.0. The molecule has 0 atom stereocenters. The summed E-state index contributed by atoms with van der Waals surface area (Å²) in [7, 11) is 0. The van der Waals surface area contributed by atoms with Crippen LogP contribution in [0.25, 0.3) is 22.6 Å². The number of hydrogen-bond acceptors (Lipinski definition) is 9. The number of fused-ring (bicyclic) bond motifs is 2. The minimum atomic E-state index is -0.127. The van der Waals surface area contributed by atoms with E-state index in [0.717, 1.165) is 65.4 Å². The second-order valence-corrected chi connectivity index (χ2v) is 14.8. The zero-order chi connectivity index (χ0) is 38.8. The van der Waals surface area contributed by atoms with Gasteiger partial charge in [-0.3, -0.25) is 14.6 Å². The highest BCUT2D eigenvalue weighted by Crippen LogP contribution is 2.26. The van der Waals surface area contributed by atoms with E-state index in [1.807, 2.05) is 0 Å². The van der Waals surface area contributed by atoms with Crippen LogP contribution < -0.4 is 15.2 Å². The lowest BCUT2D eigenvalue weighted by Gasteiger charge is -2.36. The molecule has 5 aromatic rings. The zero-order valence-electron chi connectivity index (χ0n) is 32.2. The number of benzene rings is 6. The Hall–Kier alpha value is -6.00. The number of phenols is 1. The SMILES string of the molecule is O=c1ccc2nc3ccc(O)cc3oc-2c1.c1ccc(N2CCN(Cc3cccc(COCc4cccc(CN5CCN(c6ccccc6)CC5)c4)c3)CC2)cc1. The Labute approximate surface area is 334 Å². The van der Waals surface area contributed by atoms with Gasteiger partial charge in [-0.05, 0) is 70.8 Å². The van der Waals surface area contributed by atoms with Gasteiger partial charge in [-0.25, -0.2) is 4.98 Å². The molecule has 57 heavy (non-hydrogen) atoms. The molecule has 0 unspecified atom stereocenters. The molecule has 9 nitrogen and oxygen atoms in total. The zero-order valence-corrected chi connectivity index (χ0v) is 32.2. The Kier molecular flexibility index (Phi) is 12.2. The van der Waals surface area contributed by atoms with Crippen LogP contribution in [0.15, 0.2) is 155 Å². The summed E-state index contributed by atoms with van der Waals surface area (Å²) in [6.07, 6.45) is 0.